The quantitative estimate of drug-likeness (QED) is 0.758. The zero-order chi connectivity index (χ0) is 15.1. The van der Waals surface area contributed by atoms with Gasteiger partial charge in [0.2, 0.25) is 0 Å². The van der Waals surface area contributed by atoms with Crippen LogP contribution in [0.15, 0.2) is 24.3 Å². The molecule has 2 aromatic rings. The Kier molecular flexibility index (Phi) is 6.02. The number of para-hydroxylation sites is 2. The number of thiazole rings is 1. The van der Waals surface area contributed by atoms with Crippen LogP contribution in [0.2, 0.25) is 0 Å². The average molecular weight is 306 g/mol. The topological polar surface area (TPSA) is 43.4 Å². The normalized spacial score (nSPS) is 10.6. The van der Waals surface area contributed by atoms with E-state index in [1.807, 2.05) is 31.2 Å². The lowest BCUT2D eigenvalue weighted by molar-refractivity contribution is 0.284. The van der Waals surface area contributed by atoms with E-state index in [9.17, 15) is 0 Å². The molecular formula is C16H22N2O2S. The van der Waals surface area contributed by atoms with Crippen LogP contribution in [0.3, 0.4) is 0 Å². The summed E-state index contributed by atoms with van der Waals surface area (Å²) in [6, 6.07) is 7.66. The first kappa shape index (κ1) is 15.8. The monoisotopic (exact) mass is 306 g/mol. The van der Waals surface area contributed by atoms with E-state index in [4.69, 9.17) is 9.47 Å². The summed E-state index contributed by atoms with van der Waals surface area (Å²) >= 11 is 1.70. The highest BCUT2D eigenvalue weighted by Crippen LogP contribution is 2.27. The van der Waals surface area contributed by atoms with E-state index in [2.05, 4.69) is 17.2 Å². The van der Waals surface area contributed by atoms with Crippen LogP contribution < -0.4 is 14.8 Å². The van der Waals surface area contributed by atoms with Gasteiger partial charge in [0.15, 0.2) is 11.5 Å². The second-order valence-electron chi connectivity index (χ2n) is 4.73. The number of aromatic nitrogens is 1. The van der Waals surface area contributed by atoms with Crippen LogP contribution in [0.5, 0.6) is 11.5 Å². The van der Waals surface area contributed by atoms with Crippen LogP contribution in [0.4, 0.5) is 0 Å². The zero-order valence-corrected chi connectivity index (χ0v) is 13.6. The second kappa shape index (κ2) is 8.00. The van der Waals surface area contributed by atoms with Crippen molar-refractivity contribution in [3.8, 4) is 11.5 Å². The van der Waals surface area contributed by atoms with Crippen molar-refractivity contribution >= 4 is 11.3 Å². The van der Waals surface area contributed by atoms with Gasteiger partial charge in [0.05, 0.1) is 12.8 Å². The number of hydrogen-bond donors (Lipinski definition) is 1. The second-order valence-corrected chi connectivity index (χ2v) is 5.90. The molecule has 0 amide bonds. The molecule has 1 aromatic heterocycles. The van der Waals surface area contributed by atoms with Gasteiger partial charge >= 0.3 is 0 Å². The molecule has 0 spiro atoms. The van der Waals surface area contributed by atoms with Crippen molar-refractivity contribution in [2.24, 2.45) is 0 Å². The molecule has 0 saturated carbocycles. The first-order valence-electron chi connectivity index (χ1n) is 7.16. The average Bonchev–Trinajstić information content (AvgIpc) is 2.86. The summed E-state index contributed by atoms with van der Waals surface area (Å²) in [5.41, 5.74) is 1.09. The van der Waals surface area contributed by atoms with Gasteiger partial charge in [-0.25, -0.2) is 4.98 Å². The van der Waals surface area contributed by atoms with Crippen molar-refractivity contribution in [2.45, 2.75) is 33.4 Å². The molecule has 0 saturated heterocycles. The molecular weight excluding hydrogens is 284 g/mol. The van der Waals surface area contributed by atoms with E-state index in [-0.39, 0.29) is 0 Å². The van der Waals surface area contributed by atoms with Crippen molar-refractivity contribution in [3.63, 3.8) is 0 Å². The maximum atomic E-state index is 5.81. The Labute approximate surface area is 130 Å². The van der Waals surface area contributed by atoms with Crippen LogP contribution >= 0.6 is 11.3 Å². The van der Waals surface area contributed by atoms with Gasteiger partial charge in [-0.1, -0.05) is 19.1 Å². The highest BCUT2D eigenvalue weighted by atomic mass is 32.1. The Morgan fingerprint density at radius 2 is 2.00 bits per heavy atom. The molecule has 0 unspecified atom stereocenters. The largest absolute Gasteiger partial charge is 0.493 e. The number of benzene rings is 1. The molecule has 2 rings (SSSR count). The number of methoxy groups -OCH3 is 1. The van der Waals surface area contributed by atoms with E-state index < -0.39 is 0 Å². The summed E-state index contributed by atoms with van der Waals surface area (Å²) in [6.07, 6.45) is 1.14. The summed E-state index contributed by atoms with van der Waals surface area (Å²) in [5, 5.41) is 4.40. The highest BCUT2D eigenvalue weighted by molar-refractivity contribution is 7.11. The molecule has 0 aliphatic heterocycles. The summed E-state index contributed by atoms with van der Waals surface area (Å²) in [6.45, 7) is 6.60. The minimum Gasteiger partial charge on any atom is -0.493 e. The molecule has 5 heteroatoms. The molecule has 0 fully saturated rings. The van der Waals surface area contributed by atoms with E-state index in [1.165, 1.54) is 4.88 Å². The lowest BCUT2D eigenvalue weighted by Crippen LogP contribution is -2.13. The van der Waals surface area contributed by atoms with Gasteiger partial charge in [-0.2, -0.15) is 0 Å². The standard InChI is InChI=1S/C16H22N2O2S/c1-4-9-17-10-15-12(2)18-16(21-15)11-20-14-8-6-5-7-13(14)19-3/h5-8,17H,4,9-11H2,1-3H3. The molecule has 0 radical (unpaired) electrons. The van der Waals surface area contributed by atoms with E-state index in [0.29, 0.717) is 6.61 Å². The molecule has 0 bridgehead atoms. The van der Waals surface area contributed by atoms with Gasteiger partial charge in [0.25, 0.3) is 0 Å². The summed E-state index contributed by atoms with van der Waals surface area (Å²) < 4.78 is 11.1. The third kappa shape index (κ3) is 4.44. The first-order chi connectivity index (χ1) is 10.2. The molecule has 114 valence electrons. The fourth-order valence-corrected chi connectivity index (χ4v) is 2.92. The van der Waals surface area contributed by atoms with Crippen LogP contribution in [-0.4, -0.2) is 18.6 Å². The van der Waals surface area contributed by atoms with Gasteiger partial charge in [-0.05, 0) is 32.0 Å². The zero-order valence-electron chi connectivity index (χ0n) is 12.8. The van der Waals surface area contributed by atoms with Gasteiger partial charge in [0.1, 0.15) is 11.6 Å². The third-order valence-electron chi connectivity index (χ3n) is 3.07. The fraction of sp³-hybridized carbons (Fsp3) is 0.438. The maximum Gasteiger partial charge on any atom is 0.161 e. The lowest BCUT2D eigenvalue weighted by atomic mass is 10.3. The molecule has 1 aromatic carbocycles. The highest BCUT2D eigenvalue weighted by Gasteiger charge is 2.09. The molecule has 4 nitrogen and oxygen atoms in total. The number of rotatable bonds is 8. The summed E-state index contributed by atoms with van der Waals surface area (Å²) in [5.74, 6) is 1.49. The number of aryl methyl sites for hydroxylation is 1. The van der Waals surface area contributed by atoms with Crippen LogP contribution in [-0.2, 0) is 13.2 Å². The van der Waals surface area contributed by atoms with E-state index in [1.54, 1.807) is 18.4 Å². The van der Waals surface area contributed by atoms with E-state index >= 15 is 0 Å². The number of nitrogens with zero attached hydrogens (tertiary/aromatic N) is 1. The van der Waals surface area contributed by atoms with Crippen LogP contribution in [0.25, 0.3) is 0 Å². The maximum absolute atomic E-state index is 5.81. The number of hydrogen-bond acceptors (Lipinski definition) is 5. The van der Waals surface area contributed by atoms with Crippen molar-refractivity contribution in [3.05, 3.63) is 39.8 Å². The van der Waals surface area contributed by atoms with Crippen molar-refractivity contribution in [1.82, 2.24) is 10.3 Å². The lowest BCUT2D eigenvalue weighted by Gasteiger charge is -2.08. The third-order valence-corrected chi connectivity index (χ3v) is 4.20. The number of ether oxygens (including phenoxy) is 2. The Morgan fingerprint density at radius 1 is 1.24 bits per heavy atom. The number of nitrogens with one attached hydrogen (secondary N) is 1. The predicted molar refractivity (Wildman–Crippen MR) is 86.2 cm³/mol. The minimum absolute atomic E-state index is 0.472. The van der Waals surface area contributed by atoms with Crippen molar-refractivity contribution in [2.75, 3.05) is 13.7 Å². The van der Waals surface area contributed by atoms with Crippen molar-refractivity contribution in [1.29, 1.82) is 0 Å². The minimum atomic E-state index is 0.472. The van der Waals surface area contributed by atoms with Gasteiger partial charge < -0.3 is 14.8 Å². The molecule has 21 heavy (non-hydrogen) atoms. The predicted octanol–water partition coefficient (Wildman–Crippen LogP) is 3.54. The molecule has 0 aliphatic rings. The summed E-state index contributed by atoms with van der Waals surface area (Å²) in [4.78, 5) is 5.85. The van der Waals surface area contributed by atoms with Crippen molar-refractivity contribution < 1.29 is 9.47 Å². The molecule has 1 N–H and O–H groups in total. The van der Waals surface area contributed by atoms with Crippen LogP contribution in [0, 0.1) is 6.92 Å². The smallest absolute Gasteiger partial charge is 0.161 e. The van der Waals surface area contributed by atoms with Crippen LogP contribution in [0.1, 0.15) is 28.9 Å². The van der Waals surface area contributed by atoms with Gasteiger partial charge in [-0.3, -0.25) is 0 Å². The summed E-state index contributed by atoms with van der Waals surface area (Å²) in [7, 11) is 1.65. The Bertz CT molecular complexity index is 569. The van der Waals surface area contributed by atoms with Gasteiger partial charge in [-0.15, -0.1) is 11.3 Å². The molecule has 1 heterocycles. The Hall–Kier alpha value is -1.59. The first-order valence-corrected chi connectivity index (χ1v) is 7.98. The Morgan fingerprint density at radius 3 is 2.71 bits per heavy atom. The van der Waals surface area contributed by atoms with E-state index in [0.717, 1.165) is 41.7 Å². The fourth-order valence-electron chi connectivity index (χ4n) is 1.97. The SMILES string of the molecule is CCCNCc1sc(COc2ccccc2OC)nc1C. The molecule has 0 aliphatic carbocycles. The van der Waals surface area contributed by atoms with Gasteiger partial charge in [0, 0.05) is 11.4 Å². The molecule has 0 atom stereocenters. The Balaban J connectivity index is 1.95.